The number of aliphatic imine (C=N–C) groups is 1. The Labute approximate surface area is 169 Å². The van der Waals surface area contributed by atoms with Gasteiger partial charge >= 0.3 is 0 Å². The van der Waals surface area contributed by atoms with Gasteiger partial charge in [-0.15, -0.1) is 0 Å². The third-order valence-corrected chi connectivity index (χ3v) is 5.65. The van der Waals surface area contributed by atoms with E-state index >= 15 is 0 Å². The van der Waals surface area contributed by atoms with Gasteiger partial charge in [0.25, 0.3) is 5.91 Å². The molecule has 6 nitrogen and oxygen atoms in total. The largest absolute Gasteiger partial charge is 0.378 e. The lowest BCUT2D eigenvalue weighted by Crippen LogP contribution is -2.63. The Morgan fingerprint density at radius 2 is 2.14 bits per heavy atom. The lowest BCUT2D eigenvalue weighted by atomic mass is 9.64. The molecule has 2 unspecified atom stereocenters. The van der Waals surface area contributed by atoms with Crippen LogP contribution < -0.4 is 16.0 Å². The molecule has 0 aromatic heterocycles. The summed E-state index contributed by atoms with van der Waals surface area (Å²) in [4.78, 5) is 16.1. The van der Waals surface area contributed by atoms with Crippen molar-refractivity contribution in [2.75, 3.05) is 27.2 Å². The van der Waals surface area contributed by atoms with Crippen molar-refractivity contribution in [2.24, 2.45) is 10.4 Å². The molecule has 1 aromatic carbocycles. The van der Waals surface area contributed by atoms with E-state index in [-0.39, 0.29) is 11.3 Å². The smallest absolute Gasteiger partial charge is 0.251 e. The standard InChI is InChI=1S/C22H36N4O2/c1-6-7-13-28-19-15-18(22(19,2)3)26-21(24-5)25-12-11-16-9-8-10-17(14-16)20(27)23-4/h8-10,14,18-19H,6-7,11-13,15H2,1-5H3,(H,23,27)(H2,24,25,26). The summed E-state index contributed by atoms with van der Waals surface area (Å²) < 4.78 is 6.02. The van der Waals surface area contributed by atoms with Crippen molar-refractivity contribution < 1.29 is 9.53 Å². The number of ether oxygens (including phenoxy) is 1. The van der Waals surface area contributed by atoms with E-state index in [0.29, 0.717) is 17.7 Å². The van der Waals surface area contributed by atoms with Crippen LogP contribution in [0.5, 0.6) is 0 Å². The molecule has 0 bridgehead atoms. The fraction of sp³-hybridized carbons (Fsp3) is 0.636. The number of hydrogen-bond acceptors (Lipinski definition) is 3. The van der Waals surface area contributed by atoms with Crippen molar-refractivity contribution in [2.45, 2.75) is 58.6 Å². The first-order valence-electron chi connectivity index (χ1n) is 10.3. The lowest BCUT2D eigenvalue weighted by Gasteiger charge is -2.52. The highest BCUT2D eigenvalue weighted by molar-refractivity contribution is 5.94. The molecular weight excluding hydrogens is 352 g/mol. The minimum atomic E-state index is -0.0600. The minimum Gasteiger partial charge on any atom is -0.378 e. The van der Waals surface area contributed by atoms with E-state index in [9.17, 15) is 4.79 Å². The summed E-state index contributed by atoms with van der Waals surface area (Å²) in [6.45, 7) is 8.29. The van der Waals surface area contributed by atoms with Crippen LogP contribution in [-0.4, -0.2) is 51.3 Å². The molecule has 1 aliphatic carbocycles. The van der Waals surface area contributed by atoms with Crippen LogP contribution >= 0.6 is 0 Å². The summed E-state index contributed by atoms with van der Waals surface area (Å²) in [6.07, 6.45) is 4.42. The summed E-state index contributed by atoms with van der Waals surface area (Å²) in [5.41, 5.74) is 1.90. The van der Waals surface area contributed by atoms with Crippen molar-refractivity contribution in [3.05, 3.63) is 35.4 Å². The number of amides is 1. The number of benzene rings is 1. The Kier molecular flexibility index (Phi) is 8.30. The summed E-state index contributed by atoms with van der Waals surface area (Å²) >= 11 is 0. The van der Waals surface area contributed by atoms with Gasteiger partial charge in [-0.2, -0.15) is 0 Å². The van der Waals surface area contributed by atoms with Crippen LogP contribution in [0.3, 0.4) is 0 Å². The molecule has 0 saturated heterocycles. The summed E-state index contributed by atoms with van der Waals surface area (Å²) in [5.74, 6) is 0.753. The van der Waals surface area contributed by atoms with Gasteiger partial charge in [-0.05, 0) is 37.0 Å². The highest BCUT2D eigenvalue weighted by Crippen LogP contribution is 2.42. The number of nitrogens with zero attached hydrogens (tertiary/aromatic N) is 1. The van der Waals surface area contributed by atoms with E-state index in [1.165, 1.54) is 0 Å². The van der Waals surface area contributed by atoms with E-state index in [1.54, 1.807) is 14.1 Å². The fourth-order valence-electron chi connectivity index (χ4n) is 3.48. The van der Waals surface area contributed by atoms with Crippen molar-refractivity contribution >= 4 is 11.9 Å². The van der Waals surface area contributed by atoms with Gasteiger partial charge < -0.3 is 20.7 Å². The highest BCUT2D eigenvalue weighted by Gasteiger charge is 2.49. The average Bonchev–Trinajstić information content (AvgIpc) is 2.70. The number of guanidine groups is 1. The van der Waals surface area contributed by atoms with Gasteiger partial charge in [-0.25, -0.2) is 0 Å². The predicted octanol–water partition coefficient (Wildman–Crippen LogP) is 2.74. The van der Waals surface area contributed by atoms with E-state index in [4.69, 9.17) is 4.74 Å². The van der Waals surface area contributed by atoms with Gasteiger partial charge in [0.15, 0.2) is 5.96 Å². The van der Waals surface area contributed by atoms with Crippen LogP contribution in [0.15, 0.2) is 29.3 Å². The molecule has 1 amide bonds. The first kappa shape index (κ1) is 22.2. The quantitative estimate of drug-likeness (QED) is 0.345. The van der Waals surface area contributed by atoms with Gasteiger partial charge in [-0.1, -0.05) is 39.3 Å². The Bertz CT molecular complexity index is 672. The van der Waals surface area contributed by atoms with E-state index < -0.39 is 0 Å². The number of rotatable bonds is 9. The molecule has 1 aromatic rings. The van der Waals surface area contributed by atoms with Crippen LogP contribution in [0.25, 0.3) is 0 Å². The van der Waals surface area contributed by atoms with E-state index in [0.717, 1.165) is 50.4 Å². The van der Waals surface area contributed by atoms with Gasteiger partial charge in [0.2, 0.25) is 0 Å². The van der Waals surface area contributed by atoms with Crippen LogP contribution in [0.4, 0.5) is 0 Å². The molecule has 1 saturated carbocycles. The average molecular weight is 389 g/mol. The van der Waals surface area contributed by atoms with Crippen LogP contribution in [0.1, 0.15) is 56.0 Å². The molecule has 28 heavy (non-hydrogen) atoms. The third kappa shape index (κ3) is 5.71. The summed E-state index contributed by atoms with van der Waals surface area (Å²) in [7, 11) is 3.44. The van der Waals surface area contributed by atoms with Crippen LogP contribution in [0.2, 0.25) is 0 Å². The highest BCUT2D eigenvalue weighted by atomic mass is 16.5. The van der Waals surface area contributed by atoms with Crippen molar-refractivity contribution in [1.82, 2.24) is 16.0 Å². The van der Waals surface area contributed by atoms with Crippen LogP contribution in [0, 0.1) is 5.41 Å². The van der Waals surface area contributed by atoms with Crippen LogP contribution in [-0.2, 0) is 11.2 Å². The maximum Gasteiger partial charge on any atom is 0.251 e. The lowest BCUT2D eigenvalue weighted by molar-refractivity contribution is -0.113. The maximum absolute atomic E-state index is 11.8. The van der Waals surface area contributed by atoms with Crippen molar-refractivity contribution in [3.63, 3.8) is 0 Å². The molecule has 0 radical (unpaired) electrons. The molecule has 1 aliphatic rings. The second-order valence-electron chi connectivity index (χ2n) is 8.00. The molecular formula is C22H36N4O2. The molecule has 156 valence electrons. The number of nitrogens with one attached hydrogen (secondary N) is 3. The zero-order valence-electron chi connectivity index (χ0n) is 18.0. The molecule has 6 heteroatoms. The monoisotopic (exact) mass is 388 g/mol. The minimum absolute atomic E-state index is 0.0600. The third-order valence-electron chi connectivity index (χ3n) is 5.65. The van der Waals surface area contributed by atoms with Gasteiger partial charge in [-0.3, -0.25) is 9.79 Å². The molecule has 2 rings (SSSR count). The second kappa shape index (κ2) is 10.5. The zero-order chi connectivity index (χ0) is 20.6. The fourth-order valence-corrected chi connectivity index (χ4v) is 3.48. The number of unbranched alkanes of at least 4 members (excludes halogenated alkanes) is 1. The van der Waals surface area contributed by atoms with Gasteiger partial charge in [0.05, 0.1) is 6.10 Å². The number of carbonyl (C=O) groups is 1. The Balaban J connectivity index is 1.79. The summed E-state index contributed by atoms with van der Waals surface area (Å²) in [5, 5.41) is 9.58. The Hall–Kier alpha value is -2.08. The normalized spacial score (nSPS) is 21.0. The van der Waals surface area contributed by atoms with Gasteiger partial charge in [0, 0.05) is 44.3 Å². The predicted molar refractivity (Wildman–Crippen MR) is 115 cm³/mol. The molecule has 2 atom stereocenters. The second-order valence-corrected chi connectivity index (χ2v) is 8.00. The summed E-state index contributed by atoms with van der Waals surface area (Å²) in [6, 6.07) is 8.07. The Morgan fingerprint density at radius 1 is 1.36 bits per heavy atom. The van der Waals surface area contributed by atoms with Gasteiger partial charge in [0.1, 0.15) is 0 Å². The number of carbonyl (C=O) groups excluding carboxylic acids is 1. The topological polar surface area (TPSA) is 74.8 Å². The molecule has 0 heterocycles. The Morgan fingerprint density at radius 3 is 2.79 bits per heavy atom. The maximum atomic E-state index is 11.8. The molecule has 1 fully saturated rings. The zero-order valence-corrected chi connectivity index (χ0v) is 18.0. The number of hydrogen-bond donors (Lipinski definition) is 3. The van der Waals surface area contributed by atoms with E-state index in [1.807, 2.05) is 24.3 Å². The van der Waals surface area contributed by atoms with Crippen molar-refractivity contribution in [3.8, 4) is 0 Å². The molecule has 0 aliphatic heterocycles. The van der Waals surface area contributed by atoms with E-state index in [2.05, 4.69) is 41.7 Å². The SMILES string of the molecule is CCCCOC1CC(NC(=NC)NCCc2cccc(C(=O)NC)c2)C1(C)C. The molecule has 0 spiro atoms. The first-order valence-corrected chi connectivity index (χ1v) is 10.3. The van der Waals surface area contributed by atoms with Crippen molar-refractivity contribution in [1.29, 1.82) is 0 Å². The molecule has 3 N–H and O–H groups in total. The first-order chi connectivity index (χ1) is 13.4.